The van der Waals surface area contributed by atoms with Crippen LogP contribution in [0.3, 0.4) is 0 Å². The summed E-state index contributed by atoms with van der Waals surface area (Å²) < 4.78 is 1.82. The van der Waals surface area contributed by atoms with E-state index < -0.39 is 5.97 Å². The van der Waals surface area contributed by atoms with Crippen molar-refractivity contribution < 1.29 is 9.90 Å². The van der Waals surface area contributed by atoms with Crippen molar-refractivity contribution in [1.29, 1.82) is 0 Å². The van der Waals surface area contributed by atoms with Crippen LogP contribution in [0.5, 0.6) is 0 Å². The number of aryl methyl sites for hydroxylation is 1. The summed E-state index contributed by atoms with van der Waals surface area (Å²) in [6.07, 6.45) is 1.56. The molecule has 0 atom stereocenters. The molecule has 5 heteroatoms. The minimum Gasteiger partial charge on any atom is -0.476 e. The van der Waals surface area contributed by atoms with Gasteiger partial charge in [0.15, 0.2) is 10.7 Å². The topological polar surface area (TPSA) is 54.6 Å². The van der Waals surface area contributed by atoms with Gasteiger partial charge in [0.25, 0.3) is 0 Å². The minimum atomic E-state index is -0.999. The van der Waals surface area contributed by atoms with Crippen LogP contribution in [0.25, 0.3) is 16.2 Å². The van der Waals surface area contributed by atoms with Crippen LogP contribution < -0.4 is 0 Å². The van der Waals surface area contributed by atoms with Crippen molar-refractivity contribution in [3.05, 3.63) is 47.1 Å². The molecule has 18 heavy (non-hydrogen) atoms. The summed E-state index contributed by atoms with van der Waals surface area (Å²) >= 11 is 1.44. The van der Waals surface area contributed by atoms with Crippen LogP contribution in [0.1, 0.15) is 16.1 Å². The van der Waals surface area contributed by atoms with Crippen LogP contribution >= 0.6 is 11.3 Å². The number of hydrogen-bond donors (Lipinski definition) is 1. The van der Waals surface area contributed by atoms with Crippen molar-refractivity contribution in [2.75, 3.05) is 0 Å². The molecule has 1 aromatic carbocycles. The second-order valence-corrected chi connectivity index (χ2v) is 4.91. The number of aromatic nitrogens is 2. The largest absolute Gasteiger partial charge is 0.476 e. The maximum absolute atomic E-state index is 10.9. The van der Waals surface area contributed by atoms with E-state index in [1.807, 2.05) is 41.0 Å². The molecule has 0 amide bonds. The van der Waals surface area contributed by atoms with Crippen molar-refractivity contribution in [2.45, 2.75) is 6.92 Å². The number of hydrogen-bond acceptors (Lipinski definition) is 3. The van der Waals surface area contributed by atoms with E-state index in [0.717, 1.165) is 11.3 Å². The zero-order chi connectivity index (χ0) is 12.7. The van der Waals surface area contributed by atoms with E-state index in [-0.39, 0.29) is 5.69 Å². The molecule has 2 heterocycles. The molecule has 3 rings (SSSR count). The van der Waals surface area contributed by atoms with Gasteiger partial charge in [-0.15, -0.1) is 11.3 Å². The second kappa shape index (κ2) is 3.96. The smallest absolute Gasteiger partial charge is 0.356 e. The molecule has 90 valence electrons. The number of benzene rings is 1. The molecule has 0 fully saturated rings. The quantitative estimate of drug-likeness (QED) is 0.768. The zero-order valence-corrected chi connectivity index (χ0v) is 10.4. The minimum absolute atomic E-state index is 0.0789. The van der Waals surface area contributed by atoms with E-state index >= 15 is 0 Å². The van der Waals surface area contributed by atoms with Gasteiger partial charge in [-0.25, -0.2) is 9.78 Å². The second-order valence-electron chi connectivity index (χ2n) is 4.07. The van der Waals surface area contributed by atoms with Crippen molar-refractivity contribution in [1.82, 2.24) is 9.38 Å². The molecule has 0 saturated carbocycles. The highest BCUT2D eigenvalue weighted by atomic mass is 32.1. The number of rotatable bonds is 2. The normalized spacial score (nSPS) is 10.9. The van der Waals surface area contributed by atoms with Crippen LogP contribution in [0.15, 0.2) is 35.8 Å². The molecule has 1 N–H and O–H groups in total. The third kappa shape index (κ3) is 1.69. The number of fused-ring (bicyclic) bond motifs is 1. The first-order valence-corrected chi connectivity index (χ1v) is 6.30. The SMILES string of the molecule is Cc1ccc(-c2csc3nc(C(=O)O)cn23)cc1. The molecular weight excluding hydrogens is 248 g/mol. The average molecular weight is 258 g/mol. The highest BCUT2D eigenvalue weighted by Crippen LogP contribution is 2.26. The van der Waals surface area contributed by atoms with Gasteiger partial charge in [0.2, 0.25) is 0 Å². The van der Waals surface area contributed by atoms with Crippen LogP contribution in [-0.2, 0) is 0 Å². The van der Waals surface area contributed by atoms with E-state index in [2.05, 4.69) is 4.98 Å². The van der Waals surface area contributed by atoms with Gasteiger partial charge in [-0.3, -0.25) is 4.40 Å². The summed E-state index contributed by atoms with van der Waals surface area (Å²) in [6, 6.07) is 8.12. The lowest BCUT2D eigenvalue weighted by Gasteiger charge is -2.00. The summed E-state index contributed by atoms with van der Waals surface area (Å²) in [4.78, 5) is 15.6. The lowest BCUT2D eigenvalue weighted by molar-refractivity contribution is 0.0691. The number of thiazole rings is 1. The van der Waals surface area contributed by atoms with Crippen LogP contribution in [0.4, 0.5) is 0 Å². The van der Waals surface area contributed by atoms with E-state index in [4.69, 9.17) is 5.11 Å². The van der Waals surface area contributed by atoms with E-state index in [0.29, 0.717) is 4.96 Å². The summed E-state index contributed by atoms with van der Waals surface area (Å²) in [6.45, 7) is 2.03. The molecular formula is C13H10N2O2S. The Kier molecular flexibility index (Phi) is 2.41. The van der Waals surface area contributed by atoms with Crippen molar-refractivity contribution >= 4 is 22.3 Å². The Labute approximate surface area is 107 Å². The molecule has 0 aliphatic rings. The zero-order valence-electron chi connectivity index (χ0n) is 9.62. The predicted octanol–water partition coefficient (Wildman–Crippen LogP) is 3.07. The van der Waals surface area contributed by atoms with Crippen molar-refractivity contribution in [2.24, 2.45) is 0 Å². The third-order valence-electron chi connectivity index (χ3n) is 2.78. The van der Waals surface area contributed by atoms with Gasteiger partial charge in [-0.05, 0) is 12.5 Å². The maximum atomic E-state index is 10.9. The summed E-state index contributed by atoms with van der Waals surface area (Å²) in [7, 11) is 0. The van der Waals surface area contributed by atoms with Crippen molar-refractivity contribution in [3.8, 4) is 11.3 Å². The van der Waals surface area contributed by atoms with Gasteiger partial charge in [0, 0.05) is 11.6 Å². The Bertz CT molecular complexity index is 725. The Hall–Kier alpha value is -2.14. The highest BCUT2D eigenvalue weighted by molar-refractivity contribution is 7.15. The van der Waals surface area contributed by atoms with Gasteiger partial charge in [-0.2, -0.15) is 0 Å². The molecule has 0 aliphatic heterocycles. The number of nitrogens with zero attached hydrogens (tertiary/aromatic N) is 2. The average Bonchev–Trinajstić information content (AvgIpc) is 2.89. The Morgan fingerprint density at radius 1 is 1.33 bits per heavy atom. The number of carboxylic acid groups (broad SMARTS) is 1. The Morgan fingerprint density at radius 3 is 2.72 bits per heavy atom. The molecule has 0 radical (unpaired) electrons. The molecule has 0 unspecified atom stereocenters. The number of carboxylic acids is 1. The number of aromatic carboxylic acids is 1. The fourth-order valence-corrected chi connectivity index (χ4v) is 2.70. The van der Waals surface area contributed by atoms with Crippen LogP contribution in [0, 0.1) is 6.92 Å². The molecule has 4 nitrogen and oxygen atoms in total. The van der Waals surface area contributed by atoms with Gasteiger partial charge >= 0.3 is 5.97 Å². The maximum Gasteiger partial charge on any atom is 0.356 e. The first-order valence-electron chi connectivity index (χ1n) is 5.42. The first kappa shape index (κ1) is 11.0. The number of carbonyl (C=O) groups is 1. The van der Waals surface area contributed by atoms with E-state index in [9.17, 15) is 4.79 Å². The summed E-state index contributed by atoms with van der Waals surface area (Å²) in [5, 5.41) is 10.9. The Balaban J connectivity index is 2.17. The van der Waals surface area contributed by atoms with Crippen LogP contribution in [0.2, 0.25) is 0 Å². The Morgan fingerprint density at radius 2 is 2.06 bits per heavy atom. The summed E-state index contributed by atoms with van der Waals surface area (Å²) in [5.41, 5.74) is 3.30. The van der Waals surface area contributed by atoms with Gasteiger partial charge in [0.1, 0.15) is 0 Å². The first-order chi connectivity index (χ1) is 8.65. The fourth-order valence-electron chi connectivity index (χ4n) is 1.82. The highest BCUT2D eigenvalue weighted by Gasteiger charge is 2.13. The van der Waals surface area contributed by atoms with Gasteiger partial charge in [-0.1, -0.05) is 29.8 Å². The number of imidazole rings is 1. The molecule has 0 aliphatic carbocycles. The molecule has 0 saturated heterocycles. The predicted molar refractivity (Wildman–Crippen MR) is 70.2 cm³/mol. The lowest BCUT2D eigenvalue weighted by atomic mass is 10.1. The monoisotopic (exact) mass is 258 g/mol. The van der Waals surface area contributed by atoms with Gasteiger partial charge < -0.3 is 5.11 Å². The molecule has 0 bridgehead atoms. The standard InChI is InChI=1S/C13H10N2O2S/c1-8-2-4-9(5-3-8)11-7-18-13-14-10(12(16)17)6-15(11)13/h2-7H,1H3,(H,16,17). The van der Waals surface area contributed by atoms with Crippen molar-refractivity contribution in [3.63, 3.8) is 0 Å². The van der Waals surface area contributed by atoms with E-state index in [1.54, 1.807) is 6.20 Å². The fraction of sp³-hybridized carbons (Fsp3) is 0.0769. The van der Waals surface area contributed by atoms with Crippen LogP contribution in [-0.4, -0.2) is 20.5 Å². The third-order valence-corrected chi connectivity index (χ3v) is 3.62. The molecule has 3 aromatic rings. The summed E-state index contributed by atoms with van der Waals surface area (Å²) in [5.74, 6) is -0.999. The molecule has 0 spiro atoms. The van der Waals surface area contributed by atoms with Gasteiger partial charge in [0.05, 0.1) is 5.69 Å². The molecule has 2 aromatic heterocycles. The van der Waals surface area contributed by atoms with E-state index in [1.165, 1.54) is 16.9 Å². The lowest BCUT2D eigenvalue weighted by Crippen LogP contribution is -1.95.